The first-order valence-electron chi connectivity index (χ1n) is 7.53. The first kappa shape index (κ1) is 21.7. The molecule has 0 amide bonds. The molecule has 0 aliphatic rings. The van der Waals surface area contributed by atoms with Gasteiger partial charge in [0.2, 0.25) is 0 Å². The first-order valence-corrected chi connectivity index (χ1v) is 7.53. The van der Waals surface area contributed by atoms with E-state index >= 15 is 0 Å². The van der Waals surface area contributed by atoms with E-state index in [-0.39, 0.29) is 25.7 Å². The highest BCUT2D eigenvalue weighted by Gasteiger charge is 2.21. The van der Waals surface area contributed by atoms with Gasteiger partial charge in [0.1, 0.15) is 12.2 Å². The van der Waals surface area contributed by atoms with E-state index in [0.717, 1.165) is 0 Å². The fourth-order valence-electron chi connectivity index (χ4n) is 1.97. The predicted octanol–water partition coefficient (Wildman–Crippen LogP) is -2.20. The molecule has 0 aromatic heterocycles. The summed E-state index contributed by atoms with van der Waals surface area (Å²) in [5.74, 6) is -0.652. The van der Waals surface area contributed by atoms with E-state index in [1.54, 1.807) is 6.92 Å². The van der Waals surface area contributed by atoms with Gasteiger partial charge in [-0.05, 0) is 18.8 Å². The van der Waals surface area contributed by atoms with Crippen molar-refractivity contribution in [2.45, 2.75) is 50.8 Å². The summed E-state index contributed by atoms with van der Waals surface area (Å²) in [6.07, 6.45) is -3.21. The quantitative estimate of drug-likeness (QED) is 0.188. The van der Waals surface area contributed by atoms with Crippen LogP contribution in [0.3, 0.4) is 0 Å². The molecule has 22 heavy (non-hydrogen) atoms. The molecule has 5 atom stereocenters. The smallest absolute Gasteiger partial charge is 0.156 e. The van der Waals surface area contributed by atoms with Crippen molar-refractivity contribution in [1.29, 1.82) is 0 Å². The number of ether oxygens (including phenoxy) is 1. The molecule has 0 radical (unpaired) electrons. The van der Waals surface area contributed by atoms with Crippen LogP contribution in [-0.2, 0) is 4.74 Å². The minimum Gasteiger partial charge on any atom is -0.394 e. The summed E-state index contributed by atoms with van der Waals surface area (Å²) < 4.78 is 5.14. The number of aliphatic hydroxyl groups excluding tert-OH is 6. The van der Waals surface area contributed by atoms with Gasteiger partial charge in [0, 0.05) is 5.92 Å². The first-order chi connectivity index (χ1) is 10.3. The molecule has 0 aliphatic heterocycles. The van der Waals surface area contributed by atoms with Crippen molar-refractivity contribution in [3.63, 3.8) is 0 Å². The summed E-state index contributed by atoms with van der Waals surface area (Å²) >= 11 is 0. The molecule has 0 heterocycles. The van der Waals surface area contributed by atoms with Crippen LogP contribution in [0, 0.1) is 11.8 Å². The van der Waals surface area contributed by atoms with Gasteiger partial charge in [0.15, 0.2) is 6.29 Å². The summed E-state index contributed by atoms with van der Waals surface area (Å²) in [6.45, 7) is 0.686. The minimum atomic E-state index is -1.57. The Balaban J connectivity index is 4.02. The van der Waals surface area contributed by atoms with Crippen molar-refractivity contribution in [2.24, 2.45) is 11.8 Å². The lowest BCUT2D eigenvalue weighted by molar-refractivity contribution is -0.120. The van der Waals surface area contributed by atoms with Gasteiger partial charge in [-0.1, -0.05) is 13.3 Å². The minimum absolute atomic E-state index is 0.0101. The molecule has 8 nitrogen and oxygen atoms in total. The molecule has 0 aromatic rings. The molecule has 0 aliphatic carbocycles. The van der Waals surface area contributed by atoms with Crippen LogP contribution in [0.2, 0.25) is 0 Å². The second-order valence-corrected chi connectivity index (χ2v) is 5.69. The van der Waals surface area contributed by atoms with Gasteiger partial charge in [-0.3, -0.25) is 0 Å². The average Bonchev–Trinajstić information content (AvgIpc) is 2.50. The maximum absolute atomic E-state index is 9.43. The van der Waals surface area contributed by atoms with Crippen molar-refractivity contribution >= 4 is 0 Å². The predicted molar refractivity (Wildman–Crippen MR) is 77.7 cm³/mol. The Bertz CT molecular complexity index is 241. The molecular formula is C14H30O8. The maximum atomic E-state index is 9.43. The normalized spacial score (nSPS) is 19.0. The highest BCUT2D eigenvalue weighted by Crippen LogP contribution is 2.18. The van der Waals surface area contributed by atoms with Crippen LogP contribution in [0.1, 0.15) is 26.2 Å². The number of rotatable bonds is 13. The van der Waals surface area contributed by atoms with Crippen LogP contribution in [0.15, 0.2) is 0 Å². The molecule has 8 heteroatoms. The van der Waals surface area contributed by atoms with Crippen LogP contribution in [0.4, 0.5) is 0 Å². The average molecular weight is 326 g/mol. The SMILES string of the molecule is CC(CCCC(COCC(O)C(O)CO)C(O)O)C(O)CO. The molecule has 0 spiro atoms. The number of hydrogen-bond acceptors (Lipinski definition) is 8. The van der Waals surface area contributed by atoms with Crippen LogP contribution in [0.25, 0.3) is 0 Å². The van der Waals surface area contributed by atoms with E-state index in [1.165, 1.54) is 0 Å². The van der Waals surface area contributed by atoms with Gasteiger partial charge in [0.25, 0.3) is 0 Å². The topological polar surface area (TPSA) is 151 Å². The molecule has 5 unspecified atom stereocenters. The highest BCUT2D eigenvalue weighted by atomic mass is 16.5. The number of hydrogen-bond donors (Lipinski definition) is 7. The van der Waals surface area contributed by atoms with Gasteiger partial charge >= 0.3 is 0 Å². The lowest BCUT2D eigenvalue weighted by Crippen LogP contribution is -2.35. The third-order valence-corrected chi connectivity index (χ3v) is 3.75. The van der Waals surface area contributed by atoms with E-state index in [1.807, 2.05) is 0 Å². The van der Waals surface area contributed by atoms with Gasteiger partial charge < -0.3 is 40.5 Å². The lowest BCUT2D eigenvalue weighted by Gasteiger charge is -2.22. The second-order valence-electron chi connectivity index (χ2n) is 5.69. The Hall–Kier alpha value is -0.320. The largest absolute Gasteiger partial charge is 0.394 e. The molecule has 134 valence electrons. The van der Waals surface area contributed by atoms with Gasteiger partial charge in [-0.25, -0.2) is 0 Å². The van der Waals surface area contributed by atoms with Crippen molar-refractivity contribution in [2.75, 3.05) is 26.4 Å². The zero-order chi connectivity index (χ0) is 17.1. The monoisotopic (exact) mass is 326 g/mol. The second kappa shape index (κ2) is 12.1. The summed E-state index contributed by atoms with van der Waals surface area (Å²) in [6, 6.07) is 0. The summed E-state index contributed by atoms with van der Waals surface area (Å²) in [5.41, 5.74) is 0. The van der Waals surface area contributed by atoms with Crippen molar-refractivity contribution < 1.29 is 40.5 Å². The standard InChI is InChI=1S/C14H30O8/c1-9(11(17)5-15)3-2-4-10(14(20)21)7-22-8-13(19)12(18)6-16/h9-21H,2-8H2,1H3. The van der Waals surface area contributed by atoms with E-state index in [9.17, 15) is 20.4 Å². The summed E-state index contributed by atoms with van der Waals surface area (Å²) in [4.78, 5) is 0. The van der Waals surface area contributed by atoms with Gasteiger partial charge in [0.05, 0.1) is 32.5 Å². The van der Waals surface area contributed by atoms with Crippen LogP contribution < -0.4 is 0 Å². The Morgan fingerprint density at radius 1 is 0.773 bits per heavy atom. The fraction of sp³-hybridized carbons (Fsp3) is 1.00. The van der Waals surface area contributed by atoms with Crippen LogP contribution >= 0.6 is 0 Å². The highest BCUT2D eigenvalue weighted by molar-refractivity contribution is 4.68. The molecule has 0 rings (SSSR count). The Morgan fingerprint density at radius 3 is 1.86 bits per heavy atom. The van der Waals surface area contributed by atoms with Crippen LogP contribution in [0.5, 0.6) is 0 Å². The van der Waals surface area contributed by atoms with Crippen molar-refractivity contribution in [1.82, 2.24) is 0 Å². The van der Waals surface area contributed by atoms with E-state index < -0.39 is 37.1 Å². The number of aliphatic hydroxyl groups is 7. The third-order valence-electron chi connectivity index (χ3n) is 3.75. The lowest BCUT2D eigenvalue weighted by atomic mass is 9.94. The third kappa shape index (κ3) is 8.96. The van der Waals surface area contributed by atoms with Gasteiger partial charge in [-0.15, -0.1) is 0 Å². The Morgan fingerprint density at radius 2 is 1.36 bits per heavy atom. The van der Waals surface area contributed by atoms with Crippen molar-refractivity contribution in [3.8, 4) is 0 Å². The molecule has 0 saturated heterocycles. The molecular weight excluding hydrogens is 296 g/mol. The molecule has 0 fully saturated rings. The van der Waals surface area contributed by atoms with Gasteiger partial charge in [-0.2, -0.15) is 0 Å². The zero-order valence-corrected chi connectivity index (χ0v) is 13.0. The van der Waals surface area contributed by atoms with Crippen molar-refractivity contribution in [3.05, 3.63) is 0 Å². The van der Waals surface area contributed by atoms with Crippen LogP contribution in [-0.4, -0.2) is 86.8 Å². The summed E-state index contributed by atoms with van der Waals surface area (Å²) in [5, 5.41) is 64.0. The summed E-state index contributed by atoms with van der Waals surface area (Å²) in [7, 11) is 0. The van der Waals surface area contributed by atoms with E-state index in [2.05, 4.69) is 0 Å². The molecule has 0 bridgehead atoms. The van der Waals surface area contributed by atoms with E-state index in [0.29, 0.717) is 19.3 Å². The maximum Gasteiger partial charge on any atom is 0.156 e. The molecule has 0 saturated carbocycles. The zero-order valence-electron chi connectivity index (χ0n) is 13.0. The van der Waals surface area contributed by atoms with E-state index in [4.69, 9.17) is 20.1 Å². The molecule has 7 N–H and O–H groups in total. The molecule has 0 aromatic carbocycles. The fourth-order valence-corrected chi connectivity index (χ4v) is 1.97. The Labute approximate surface area is 130 Å². The Kier molecular flexibility index (Phi) is 12.0.